The zero-order valence-corrected chi connectivity index (χ0v) is 13.3. The SMILES string of the molecule is C[C@@]1(S(C)(=O)=O)CC[C@@](CF)(c2cc(N)ccc2F)N=C1N. The lowest BCUT2D eigenvalue weighted by molar-refractivity contribution is 0.266. The minimum atomic E-state index is -3.53. The van der Waals surface area contributed by atoms with E-state index in [9.17, 15) is 17.2 Å². The maximum Gasteiger partial charge on any atom is 0.160 e. The van der Waals surface area contributed by atoms with Crippen LogP contribution in [0.3, 0.4) is 0 Å². The molecule has 0 unspecified atom stereocenters. The van der Waals surface area contributed by atoms with Gasteiger partial charge < -0.3 is 11.5 Å². The first-order valence-electron chi connectivity index (χ1n) is 6.73. The van der Waals surface area contributed by atoms with E-state index in [-0.39, 0.29) is 29.9 Å². The number of rotatable bonds is 3. The van der Waals surface area contributed by atoms with E-state index in [0.29, 0.717) is 0 Å². The summed E-state index contributed by atoms with van der Waals surface area (Å²) in [6.45, 7) is 0.451. The summed E-state index contributed by atoms with van der Waals surface area (Å²) in [5.41, 5.74) is 10.2. The van der Waals surface area contributed by atoms with Gasteiger partial charge in [0.2, 0.25) is 0 Å². The Kier molecular flexibility index (Phi) is 3.93. The number of nitrogens with two attached hydrogens (primary N) is 2. The molecule has 0 saturated heterocycles. The zero-order valence-electron chi connectivity index (χ0n) is 12.4. The van der Waals surface area contributed by atoms with Crippen molar-refractivity contribution in [3.63, 3.8) is 0 Å². The number of benzene rings is 1. The molecule has 0 bridgehead atoms. The molecule has 0 spiro atoms. The van der Waals surface area contributed by atoms with Crippen LogP contribution in [0.5, 0.6) is 0 Å². The summed E-state index contributed by atoms with van der Waals surface area (Å²) < 4.78 is 50.3. The Morgan fingerprint density at radius 3 is 2.45 bits per heavy atom. The summed E-state index contributed by atoms with van der Waals surface area (Å²) >= 11 is 0. The van der Waals surface area contributed by atoms with Crippen molar-refractivity contribution in [3.05, 3.63) is 29.6 Å². The van der Waals surface area contributed by atoms with E-state index in [1.54, 1.807) is 0 Å². The molecule has 1 aromatic carbocycles. The Bertz CT molecular complexity index is 736. The Morgan fingerprint density at radius 2 is 1.95 bits per heavy atom. The largest absolute Gasteiger partial charge is 0.399 e. The molecule has 22 heavy (non-hydrogen) atoms. The van der Waals surface area contributed by atoms with Crippen molar-refractivity contribution >= 4 is 21.4 Å². The summed E-state index contributed by atoms with van der Waals surface area (Å²) in [6.07, 6.45) is 1.13. The van der Waals surface area contributed by atoms with Crippen molar-refractivity contribution < 1.29 is 17.2 Å². The Balaban J connectivity index is 2.62. The molecule has 2 atom stereocenters. The summed E-state index contributed by atoms with van der Waals surface area (Å²) in [6, 6.07) is 3.81. The van der Waals surface area contributed by atoms with Crippen LogP contribution in [0.15, 0.2) is 23.2 Å². The summed E-state index contributed by atoms with van der Waals surface area (Å²) in [5, 5.41) is 0. The number of nitrogen functional groups attached to an aromatic ring is 1. The summed E-state index contributed by atoms with van der Waals surface area (Å²) in [4.78, 5) is 4.07. The van der Waals surface area contributed by atoms with Crippen molar-refractivity contribution in [1.82, 2.24) is 0 Å². The van der Waals surface area contributed by atoms with Crippen LogP contribution < -0.4 is 11.5 Å². The number of aliphatic imine (C=N–C) groups is 1. The molecule has 8 heteroatoms. The quantitative estimate of drug-likeness (QED) is 0.821. The highest BCUT2D eigenvalue weighted by atomic mass is 32.2. The van der Waals surface area contributed by atoms with Crippen LogP contribution in [0.2, 0.25) is 0 Å². The van der Waals surface area contributed by atoms with E-state index < -0.39 is 32.6 Å². The highest BCUT2D eigenvalue weighted by Crippen LogP contribution is 2.42. The summed E-state index contributed by atoms with van der Waals surface area (Å²) in [5.74, 6) is -0.855. The van der Waals surface area contributed by atoms with Gasteiger partial charge in [-0.25, -0.2) is 17.2 Å². The maximum absolute atomic E-state index is 14.1. The van der Waals surface area contributed by atoms with Gasteiger partial charge >= 0.3 is 0 Å². The monoisotopic (exact) mass is 331 g/mol. The standard InChI is InChI=1S/C14H19F2N3O2S/c1-13(22(2,20)21)5-6-14(8-15,19-12(13)18)10-7-9(17)3-4-11(10)16/h3-4,7H,5-6,8,17H2,1-2H3,(H2,18,19)/t13-,14-/m1/s1. The van der Waals surface area contributed by atoms with Crippen molar-refractivity contribution in [3.8, 4) is 0 Å². The van der Waals surface area contributed by atoms with Gasteiger partial charge in [0.05, 0.1) is 0 Å². The normalized spacial score (nSPS) is 29.2. The molecule has 0 aromatic heterocycles. The second-order valence-corrected chi connectivity index (χ2v) is 8.35. The van der Waals surface area contributed by atoms with Gasteiger partial charge in [0.25, 0.3) is 0 Å². The van der Waals surface area contributed by atoms with Crippen LogP contribution in [0.1, 0.15) is 25.3 Å². The van der Waals surface area contributed by atoms with Gasteiger partial charge in [0.1, 0.15) is 28.6 Å². The molecule has 0 radical (unpaired) electrons. The molecule has 0 aliphatic carbocycles. The maximum atomic E-state index is 14.1. The van der Waals surface area contributed by atoms with Crippen LogP contribution in [-0.4, -0.2) is 31.9 Å². The molecule has 4 N–H and O–H groups in total. The van der Waals surface area contributed by atoms with Gasteiger partial charge in [-0.15, -0.1) is 0 Å². The molecule has 1 heterocycles. The van der Waals surface area contributed by atoms with E-state index in [1.165, 1.54) is 19.1 Å². The lowest BCUT2D eigenvalue weighted by Gasteiger charge is -2.39. The average Bonchev–Trinajstić information content (AvgIpc) is 2.43. The molecule has 2 rings (SSSR count). The lowest BCUT2D eigenvalue weighted by atomic mass is 9.81. The van der Waals surface area contributed by atoms with Crippen LogP contribution in [0.4, 0.5) is 14.5 Å². The third-order valence-corrected chi connectivity index (χ3v) is 6.47. The van der Waals surface area contributed by atoms with Gasteiger partial charge in [-0.1, -0.05) is 0 Å². The number of hydrogen-bond acceptors (Lipinski definition) is 5. The molecule has 122 valence electrons. The fraction of sp³-hybridized carbons (Fsp3) is 0.500. The van der Waals surface area contributed by atoms with Crippen LogP contribution >= 0.6 is 0 Å². The first-order chi connectivity index (χ1) is 10.1. The van der Waals surface area contributed by atoms with Crippen molar-refractivity contribution in [1.29, 1.82) is 0 Å². The number of alkyl halides is 1. The Labute approximate surface area is 128 Å². The molecule has 1 aliphatic rings. The zero-order chi connectivity index (χ0) is 16.8. The molecule has 0 amide bonds. The first-order valence-corrected chi connectivity index (χ1v) is 8.62. The van der Waals surface area contributed by atoms with E-state index in [2.05, 4.69) is 4.99 Å². The minimum Gasteiger partial charge on any atom is -0.399 e. The van der Waals surface area contributed by atoms with E-state index in [4.69, 9.17) is 11.5 Å². The number of nitrogens with zero attached hydrogens (tertiary/aromatic N) is 1. The second-order valence-electron chi connectivity index (χ2n) is 5.90. The third kappa shape index (κ3) is 2.45. The molecule has 1 aliphatic heterocycles. The molecule has 0 saturated carbocycles. The molecule has 0 fully saturated rings. The number of anilines is 1. The first kappa shape index (κ1) is 16.7. The fourth-order valence-electron chi connectivity index (χ4n) is 2.62. The molecule has 1 aromatic rings. The van der Waals surface area contributed by atoms with Gasteiger partial charge in [-0.05, 0) is 38.0 Å². The van der Waals surface area contributed by atoms with Crippen molar-refractivity contribution in [2.45, 2.75) is 30.1 Å². The highest BCUT2D eigenvalue weighted by molar-refractivity contribution is 7.92. The fourth-order valence-corrected chi connectivity index (χ4v) is 3.51. The highest BCUT2D eigenvalue weighted by Gasteiger charge is 2.49. The van der Waals surface area contributed by atoms with Crippen LogP contribution in [0.25, 0.3) is 0 Å². The van der Waals surface area contributed by atoms with Crippen molar-refractivity contribution in [2.24, 2.45) is 10.7 Å². The number of sulfone groups is 1. The minimum absolute atomic E-state index is 0.00602. The van der Waals surface area contributed by atoms with Crippen molar-refractivity contribution in [2.75, 3.05) is 18.7 Å². The lowest BCUT2D eigenvalue weighted by Crippen LogP contribution is -2.53. The smallest absolute Gasteiger partial charge is 0.160 e. The molecular weight excluding hydrogens is 312 g/mol. The number of amidine groups is 1. The van der Waals surface area contributed by atoms with Gasteiger partial charge in [0, 0.05) is 17.5 Å². The molecular formula is C14H19F2N3O2S. The van der Waals surface area contributed by atoms with Gasteiger partial charge in [-0.2, -0.15) is 0 Å². The van der Waals surface area contributed by atoms with Crippen LogP contribution in [0, 0.1) is 5.82 Å². The predicted molar refractivity (Wildman–Crippen MR) is 82.6 cm³/mol. The molecule has 5 nitrogen and oxygen atoms in total. The number of hydrogen-bond donors (Lipinski definition) is 2. The predicted octanol–water partition coefficient (Wildman–Crippen LogP) is 1.53. The van der Waals surface area contributed by atoms with E-state index in [0.717, 1.165) is 12.3 Å². The van der Waals surface area contributed by atoms with Gasteiger partial charge in [0.15, 0.2) is 9.84 Å². The van der Waals surface area contributed by atoms with E-state index >= 15 is 0 Å². The Hall–Kier alpha value is -1.70. The van der Waals surface area contributed by atoms with Crippen LogP contribution in [-0.2, 0) is 15.4 Å². The number of halogens is 2. The topological polar surface area (TPSA) is 98.5 Å². The Morgan fingerprint density at radius 1 is 1.32 bits per heavy atom. The second kappa shape index (κ2) is 5.19. The summed E-state index contributed by atoms with van der Waals surface area (Å²) in [7, 11) is -3.53. The van der Waals surface area contributed by atoms with Gasteiger partial charge in [-0.3, -0.25) is 4.99 Å². The average molecular weight is 331 g/mol. The third-order valence-electron chi connectivity index (χ3n) is 4.42. The van der Waals surface area contributed by atoms with E-state index in [1.807, 2.05) is 0 Å².